The quantitative estimate of drug-likeness (QED) is 0.876. The van der Waals surface area contributed by atoms with Crippen LogP contribution in [0.15, 0.2) is 41.0 Å². The zero-order valence-electron chi connectivity index (χ0n) is 10.9. The van der Waals surface area contributed by atoms with E-state index in [0.717, 1.165) is 36.5 Å². The fourth-order valence-corrected chi connectivity index (χ4v) is 2.00. The van der Waals surface area contributed by atoms with E-state index >= 15 is 0 Å². The number of hydrogen-bond acceptors (Lipinski definition) is 3. The highest BCUT2D eigenvalue weighted by Gasteiger charge is 2.09. The molecule has 0 bridgehead atoms. The van der Waals surface area contributed by atoms with Crippen LogP contribution in [-0.4, -0.2) is 23.1 Å². The lowest BCUT2D eigenvalue weighted by Gasteiger charge is -2.19. The average Bonchev–Trinajstić information content (AvgIpc) is 2.91. The summed E-state index contributed by atoms with van der Waals surface area (Å²) < 4.78 is 5.38. The van der Waals surface area contributed by atoms with Crippen molar-refractivity contribution in [3.05, 3.63) is 42.2 Å². The summed E-state index contributed by atoms with van der Waals surface area (Å²) in [5.41, 5.74) is 1.94. The Morgan fingerprint density at radius 2 is 1.94 bits per heavy atom. The molecule has 0 spiro atoms. The Bertz CT molecular complexity index is 487. The molecule has 2 rings (SSSR count). The number of nitrogens with zero attached hydrogens (tertiary/aromatic N) is 1. The number of furan rings is 1. The molecule has 1 heterocycles. The van der Waals surface area contributed by atoms with Gasteiger partial charge in [-0.15, -0.1) is 0 Å². The van der Waals surface area contributed by atoms with Gasteiger partial charge in [0.15, 0.2) is 0 Å². The Morgan fingerprint density at radius 1 is 1.17 bits per heavy atom. The van der Waals surface area contributed by atoms with E-state index in [9.17, 15) is 5.11 Å². The van der Waals surface area contributed by atoms with E-state index in [4.69, 9.17) is 4.42 Å². The molecule has 0 aliphatic carbocycles. The standard InChI is InChI=1S/C15H19NO2/c1-3-16(4-2)11-13-10-12(7-8-14(13)17)15-6-5-9-18-15/h5-10,17H,3-4,11H2,1-2H3. The van der Waals surface area contributed by atoms with Crippen LogP contribution >= 0.6 is 0 Å². The van der Waals surface area contributed by atoms with Crippen LogP contribution in [0.3, 0.4) is 0 Å². The first-order valence-corrected chi connectivity index (χ1v) is 6.32. The van der Waals surface area contributed by atoms with Gasteiger partial charge in [-0.25, -0.2) is 0 Å². The summed E-state index contributed by atoms with van der Waals surface area (Å²) >= 11 is 0. The second-order valence-corrected chi connectivity index (χ2v) is 4.28. The summed E-state index contributed by atoms with van der Waals surface area (Å²) in [5, 5.41) is 9.92. The summed E-state index contributed by atoms with van der Waals surface area (Å²) in [4.78, 5) is 2.26. The highest BCUT2D eigenvalue weighted by molar-refractivity contribution is 5.60. The number of phenols is 1. The summed E-state index contributed by atoms with van der Waals surface area (Å²) in [6.45, 7) is 6.95. The summed E-state index contributed by atoms with van der Waals surface area (Å²) in [6.07, 6.45) is 1.66. The first kappa shape index (κ1) is 12.7. The maximum atomic E-state index is 9.92. The van der Waals surface area contributed by atoms with Gasteiger partial charge < -0.3 is 9.52 Å². The highest BCUT2D eigenvalue weighted by atomic mass is 16.3. The largest absolute Gasteiger partial charge is 0.508 e. The first-order valence-electron chi connectivity index (χ1n) is 6.32. The molecule has 96 valence electrons. The fourth-order valence-electron chi connectivity index (χ4n) is 2.00. The SMILES string of the molecule is CCN(CC)Cc1cc(-c2ccco2)ccc1O. The van der Waals surface area contributed by atoms with Crippen LogP contribution in [0.1, 0.15) is 19.4 Å². The Balaban J connectivity index is 2.27. The summed E-state index contributed by atoms with van der Waals surface area (Å²) in [5.74, 6) is 1.17. The van der Waals surface area contributed by atoms with E-state index in [-0.39, 0.29) is 0 Å². The normalized spacial score (nSPS) is 11.1. The van der Waals surface area contributed by atoms with Crippen molar-refractivity contribution in [3.63, 3.8) is 0 Å². The van der Waals surface area contributed by atoms with Crippen molar-refractivity contribution in [3.8, 4) is 17.1 Å². The molecule has 1 aromatic carbocycles. The van der Waals surface area contributed by atoms with E-state index in [1.807, 2.05) is 24.3 Å². The zero-order chi connectivity index (χ0) is 13.0. The molecule has 18 heavy (non-hydrogen) atoms. The van der Waals surface area contributed by atoms with Crippen molar-refractivity contribution in [1.29, 1.82) is 0 Å². The van der Waals surface area contributed by atoms with Crippen molar-refractivity contribution >= 4 is 0 Å². The maximum Gasteiger partial charge on any atom is 0.133 e. The third-order valence-corrected chi connectivity index (χ3v) is 3.17. The monoisotopic (exact) mass is 245 g/mol. The molecule has 3 heteroatoms. The van der Waals surface area contributed by atoms with Crippen LogP contribution in [0.2, 0.25) is 0 Å². The van der Waals surface area contributed by atoms with Gasteiger partial charge in [-0.2, -0.15) is 0 Å². The van der Waals surface area contributed by atoms with Crippen LogP contribution in [-0.2, 0) is 6.54 Å². The molecule has 0 amide bonds. The van der Waals surface area contributed by atoms with Gasteiger partial charge in [0.2, 0.25) is 0 Å². The first-order chi connectivity index (χ1) is 8.74. The van der Waals surface area contributed by atoms with Crippen molar-refractivity contribution < 1.29 is 9.52 Å². The van der Waals surface area contributed by atoms with Crippen molar-refractivity contribution in [2.45, 2.75) is 20.4 Å². The summed E-state index contributed by atoms with van der Waals surface area (Å²) in [6, 6.07) is 9.39. The fraction of sp³-hybridized carbons (Fsp3) is 0.333. The third-order valence-electron chi connectivity index (χ3n) is 3.17. The summed E-state index contributed by atoms with van der Waals surface area (Å²) in [7, 11) is 0. The van der Waals surface area contributed by atoms with E-state index in [1.165, 1.54) is 0 Å². The Kier molecular flexibility index (Phi) is 4.05. The smallest absolute Gasteiger partial charge is 0.133 e. The van der Waals surface area contributed by atoms with E-state index in [1.54, 1.807) is 12.3 Å². The van der Waals surface area contributed by atoms with Crippen LogP contribution in [0, 0.1) is 0 Å². The lowest BCUT2D eigenvalue weighted by molar-refractivity contribution is 0.291. The molecular weight excluding hydrogens is 226 g/mol. The lowest BCUT2D eigenvalue weighted by Crippen LogP contribution is -2.22. The minimum absolute atomic E-state index is 0.345. The molecule has 0 unspecified atom stereocenters. The number of rotatable bonds is 5. The van der Waals surface area contributed by atoms with Gasteiger partial charge in [-0.1, -0.05) is 13.8 Å². The maximum absolute atomic E-state index is 9.92. The minimum Gasteiger partial charge on any atom is -0.508 e. The molecule has 1 aromatic heterocycles. The third kappa shape index (κ3) is 2.74. The molecule has 0 aliphatic rings. The van der Waals surface area contributed by atoms with Gasteiger partial charge in [0, 0.05) is 17.7 Å². The molecule has 0 atom stereocenters. The van der Waals surface area contributed by atoms with Gasteiger partial charge in [0.1, 0.15) is 11.5 Å². The van der Waals surface area contributed by atoms with Gasteiger partial charge in [-0.3, -0.25) is 4.90 Å². The van der Waals surface area contributed by atoms with Gasteiger partial charge in [0.05, 0.1) is 6.26 Å². The highest BCUT2D eigenvalue weighted by Crippen LogP contribution is 2.27. The molecule has 0 saturated heterocycles. The van der Waals surface area contributed by atoms with Gasteiger partial charge in [0.25, 0.3) is 0 Å². The second kappa shape index (κ2) is 5.74. The van der Waals surface area contributed by atoms with Gasteiger partial charge in [-0.05, 0) is 43.4 Å². The van der Waals surface area contributed by atoms with Crippen LogP contribution in [0.5, 0.6) is 5.75 Å². The van der Waals surface area contributed by atoms with Crippen molar-refractivity contribution in [2.24, 2.45) is 0 Å². The average molecular weight is 245 g/mol. The molecule has 2 aromatic rings. The second-order valence-electron chi connectivity index (χ2n) is 4.28. The molecule has 0 saturated carbocycles. The number of hydrogen-bond donors (Lipinski definition) is 1. The van der Waals surface area contributed by atoms with E-state index < -0.39 is 0 Å². The van der Waals surface area contributed by atoms with Crippen LogP contribution < -0.4 is 0 Å². The molecule has 3 nitrogen and oxygen atoms in total. The number of benzene rings is 1. The van der Waals surface area contributed by atoms with Crippen molar-refractivity contribution in [1.82, 2.24) is 4.90 Å². The predicted octanol–water partition coefficient (Wildman–Crippen LogP) is 3.49. The van der Waals surface area contributed by atoms with E-state index in [2.05, 4.69) is 18.7 Å². The van der Waals surface area contributed by atoms with Crippen LogP contribution in [0.4, 0.5) is 0 Å². The Labute approximate surface area is 108 Å². The topological polar surface area (TPSA) is 36.6 Å². The lowest BCUT2D eigenvalue weighted by atomic mass is 10.1. The van der Waals surface area contributed by atoms with Crippen molar-refractivity contribution in [2.75, 3.05) is 13.1 Å². The molecule has 0 aliphatic heterocycles. The predicted molar refractivity (Wildman–Crippen MR) is 72.4 cm³/mol. The number of aromatic hydroxyl groups is 1. The Hall–Kier alpha value is -1.74. The van der Waals surface area contributed by atoms with Gasteiger partial charge >= 0.3 is 0 Å². The number of phenolic OH excluding ortho intramolecular Hbond substituents is 1. The molecule has 1 N–H and O–H groups in total. The molecule has 0 radical (unpaired) electrons. The molecule has 0 fully saturated rings. The molecular formula is C15H19NO2. The van der Waals surface area contributed by atoms with Crippen LogP contribution in [0.25, 0.3) is 11.3 Å². The zero-order valence-corrected chi connectivity index (χ0v) is 10.9. The Morgan fingerprint density at radius 3 is 2.56 bits per heavy atom. The minimum atomic E-state index is 0.345. The van der Waals surface area contributed by atoms with E-state index in [0.29, 0.717) is 5.75 Å².